The molecule has 0 aliphatic carbocycles. The molecule has 1 aliphatic rings. The van der Waals surface area contributed by atoms with Gasteiger partial charge in [0.2, 0.25) is 5.91 Å². The van der Waals surface area contributed by atoms with Gasteiger partial charge in [0.05, 0.1) is 6.04 Å². The molecule has 1 fully saturated rings. The Kier molecular flexibility index (Phi) is 5.05. The zero-order chi connectivity index (χ0) is 15.6. The second kappa shape index (κ2) is 6.62. The van der Waals surface area contributed by atoms with Gasteiger partial charge in [0.15, 0.2) is 11.6 Å². The number of rotatable bonds is 5. The van der Waals surface area contributed by atoms with Crippen LogP contribution in [0.3, 0.4) is 0 Å². The van der Waals surface area contributed by atoms with E-state index in [0.717, 1.165) is 12.1 Å². The van der Waals surface area contributed by atoms with E-state index in [1.165, 1.54) is 11.0 Å². The first kappa shape index (κ1) is 16.0. The second-order valence-corrected chi connectivity index (χ2v) is 6.79. The van der Waals surface area contributed by atoms with Gasteiger partial charge in [-0.25, -0.2) is 8.78 Å². The average molecular weight is 316 g/mol. The lowest BCUT2D eigenvalue weighted by molar-refractivity contribution is -0.129. The minimum absolute atomic E-state index is 0.127. The minimum atomic E-state index is -0.984. The van der Waals surface area contributed by atoms with Crippen molar-refractivity contribution in [2.24, 2.45) is 0 Å². The number of halogens is 2. The van der Waals surface area contributed by atoms with Crippen molar-refractivity contribution < 1.29 is 17.8 Å². The molecule has 0 aromatic heterocycles. The molecule has 2 rings (SSSR count). The minimum Gasteiger partial charge on any atom is -0.321 e. The molecule has 1 saturated heterocycles. The highest BCUT2D eigenvalue weighted by Gasteiger charge is 2.37. The molecule has 1 aromatic carbocycles. The highest BCUT2D eigenvalue weighted by molar-refractivity contribution is 7.84. The van der Waals surface area contributed by atoms with Gasteiger partial charge in [-0.2, -0.15) is 0 Å². The monoisotopic (exact) mass is 316 g/mol. The molecule has 1 aliphatic heterocycles. The molecular formula is C14H18F2N2O2S. The van der Waals surface area contributed by atoms with E-state index in [4.69, 9.17) is 0 Å². The van der Waals surface area contributed by atoms with Crippen molar-refractivity contribution in [3.63, 3.8) is 0 Å². The molecule has 7 heteroatoms. The third-order valence-corrected chi connectivity index (χ3v) is 4.80. The standard InChI is InChI=1S/C14H18F2N2O2S/c1-3-21(20)7-6-18-13(17-9(2)14(18)19)10-4-5-11(15)12(16)8-10/h4-5,8-9,13,17H,3,6-7H2,1-2H3. The summed E-state index contributed by atoms with van der Waals surface area (Å²) in [7, 11) is -0.984. The predicted octanol–water partition coefficient (Wildman–Crippen LogP) is 1.55. The molecule has 0 saturated carbocycles. The van der Waals surface area contributed by atoms with Crippen molar-refractivity contribution in [1.29, 1.82) is 0 Å². The number of nitrogens with one attached hydrogen (secondary N) is 1. The maximum absolute atomic E-state index is 13.4. The summed E-state index contributed by atoms with van der Waals surface area (Å²) >= 11 is 0. The fourth-order valence-electron chi connectivity index (χ4n) is 2.32. The van der Waals surface area contributed by atoms with Crippen LogP contribution in [0.2, 0.25) is 0 Å². The van der Waals surface area contributed by atoms with E-state index < -0.39 is 34.6 Å². The SMILES string of the molecule is CCS(=O)CCN1C(=O)C(C)NC1c1ccc(F)c(F)c1. The van der Waals surface area contributed by atoms with Crippen LogP contribution in [0.1, 0.15) is 25.6 Å². The molecule has 0 bridgehead atoms. The summed E-state index contributed by atoms with van der Waals surface area (Å²) in [5, 5.41) is 3.05. The van der Waals surface area contributed by atoms with Crippen LogP contribution in [0.15, 0.2) is 18.2 Å². The molecule has 3 atom stereocenters. The summed E-state index contributed by atoms with van der Waals surface area (Å²) < 4.78 is 37.9. The van der Waals surface area contributed by atoms with E-state index in [1.807, 2.05) is 6.92 Å². The van der Waals surface area contributed by atoms with Gasteiger partial charge in [0.1, 0.15) is 6.17 Å². The van der Waals surface area contributed by atoms with Crippen LogP contribution < -0.4 is 5.32 Å². The Morgan fingerprint density at radius 2 is 2.05 bits per heavy atom. The molecule has 116 valence electrons. The Morgan fingerprint density at radius 3 is 2.67 bits per heavy atom. The van der Waals surface area contributed by atoms with E-state index in [0.29, 0.717) is 23.6 Å². The van der Waals surface area contributed by atoms with Crippen LogP contribution in [0.4, 0.5) is 8.78 Å². The van der Waals surface area contributed by atoms with Crippen molar-refractivity contribution in [3.8, 4) is 0 Å². The molecule has 1 heterocycles. The molecule has 0 spiro atoms. The van der Waals surface area contributed by atoms with E-state index in [1.54, 1.807) is 6.92 Å². The van der Waals surface area contributed by atoms with Crippen LogP contribution in [0.5, 0.6) is 0 Å². The van der Waals surface area contributed by atoms with Gasteiger partial charge < -0.3 is 4.90 Å². The van der Waals surface area contributed by atoms with Crippen molar-refractivity contribution >= 4 is 16.7 Å². The predicted molar refractivity (Wildman–Crippen MR) is 77.0 cm³/mol. The Hall–Kier alpha value is -1.34. The summed E-state index contributed by atoms with van der Waals surface area (Å²) in [5.41, 5.74) is 0.480. The van der Waals surface area contributed by atoms with Crippen LogP contribution in [0.25, 0.3) is 0 Å². The van der Waals surface area contributed by atoms with Gasteiger partial charge >= 0.3 is 0 Å². The molecular weight excluding hydrogens is 298 g/mol. The quantitative estimate of drug-likeness (QED) is 0.897. The van der Waals surface area contributed by atoms with Gasteiger partial charge in [-0.15, -0.1) is 0 Å². The van der Waals surface area contributed by atoms with E-state index in [9.17, 15) is 17.8 Å². The molecule has 4 nitrogen and oxygen atoms in total. The van der Waals surface area contributed by atoms with Crippen LogP contribution in [0, 0.1) is 11.6 Å². The van der Waals surface area contributed by atoms with Gasteiger partial charge in [-0.05, 0) is 24.6 Å². The number of hydrogen-bond acceptors (Lipinski definition) is 3. The topological polar surface area (TPSA) is 49.4 Å². The highest BCUT2D eigenvalue weighted by atomic mass is 32.2. The summed E-state index contributed by atoms with van der Waals surface area (Å²) in [5.74, 6) is -1.09. The lowest BCUT2D eigenvalue weighted by Crippen LogP contribution is -2.34. The maximum Gasteiger partial charge on any atom is 0.241 e. The Labute approximate surface area is 125 Å². The Balaban J connectivity index is 2.20. The molecule has 0 radical (unpaired) electrons. The van der Waals surface area contributed by atoms with Crippen LogP contribution in [-0.4, -0.2) is 39.1 Å². The largest absolute Gasteiger partial charge is 0.321 e. The van der Waals surface area contributed by atoms with Crippen molar-refractivity contribution in [1.82, 2.24) is 10.2 Å². The van der Waals surface area contributed by atoms with Crippen LogP contribution >= 0.6 is 0 Å². The third-order valence-electron chi connectivity index (χ3n) is 3.51. The molecule has 3 unspecified atom stereocenters. The Bertz CT molecular complexity index is 568. The fourth-order valence-corrected chi connectivity index (χ4v) is 3.01. The maximum atomic E-state index is 13.4. The zero-order valence-corrected chi connectivity index (χ0v) is 12.8. The van der Waals surface area contributed by atoms with Gasteiger partial charge in [-0.1, -0.05) is 13.0 Å². The van der Waals surface area contributed by atoms with Gasteiger partial charge in [0, 0.05) is 28.9 Å². The van der Waals surface area contributed by atoms with Crippen molar-refractivity contribution in [3.05, 3.63) is 35.4 Å². The lowest BCUT2D eigenvalue weighted by atomic mass is 10.1. The van der Waals surface area contributed by atoms with E-state index >= 15 is 0 Å². The summed E-state index contributed by atoms with van der Waals surface area (Å²) in [6.07, 6.45) is -0.517. The fraction of sp³-hybridized carbons (Fsp3) is 0.500. The number of hydrogen-bond donors (Lipinski definition) is 1. The normalized spacial score (nSPS) is 23.6. The summed E-state index contributed by atoms with van der Waals surface area (Å²) in [6, 6.07) is 3.17. The Morgan fingerprint density at radius 1 is 1.33 bits per heavy atom. The third kappa shape index (κ3) is 3.47. The van der Waals surface area contributed by atoms with Crippen molar-refractivity contribution in [2.45, 2.75) is 26.1 Å². The molecule has 1 aromatic rings. The first-order chi connectivity index (χ1) is 9.93. The number of benzene rings is 1. The summed E-state index contributed by atoms with van der Waals surface area (Å²) in [6.45, 7) is 3.85. The average Bonchev–Trinajstić information content (AvgIpc) is 2.75. The van der Waals surface area contributed by atoms with E-state index in [-0.39, 0.29) is 5.91 Å². The molecule has 21 heavy (non-hydrogen) atoms. The smallest absolute Gasteiger partial charge is 0.241 e. The number of nitrogens with zero attached hydrogens (tertiary/aromatic N) is 1. The molecule has 1 N–H and O–H groups in total. The number of carbonyl (C=O) groups excluding carboxylic acids is 1. The van der Waals surface area contributed by atoms with Gasteiger partial charge in [-0.3, -0.25) is 14.3 Å². The van der Waals surface area contributed by atoms with E-state index in [2.05, 4.69) is 5.32 Å². The lowest BCUT2D eigenvalue weighted by Gasteiger charge is -2.24. The highest BCUT2D eigenvalue weighted by Crippen LogP contribution is 2.26. The first-order valence-corrected chi connectivity index (χ1v) is 8.29. The first-order valence-electron chi connectivity index (χ1n) is 6.80. The number of amides is 1. The molecule has 1 amide bonds. The second-order valence-electron chi connectivity index (χ2n) is 4.93. The van der Waals surface area contributed by atoms with Gasteiger partial charge in [0.25, 0.3) is 0 Å². The van der Waals surface area contributed by atoms with Crippen molar-refractivity contribution in [2.75, 3.05) is 18.1 Å². The zero-order valence-electron chi connectivity index (χ0n) is 11.9. The van der Waals surface area contributed by atoms with Crippen LogP contribution in [-0.2, 0) is 15.6 Å². The summed E-state index contributed by atoms with van der Waals surface area (Å²) in [4.78, 5) is 13.7. The number of carbonyl (C=O) groups is 1.